The number of ketones is 1. The van der Waals surface area contributed by atoms with Gasteiger partial charge in [0.15, 0.2) is 5.78 Å². The number of aromatic nitrogens is 1. The summed E-state index contributed by atoms with van der Waals surface area (Å²) in [6.45, 7) is 1.30. The first-order valence-corrected chi connectivity index (χ1v) is 12.3. The van der Waals surface area contributed by atoms with E-state index in [1.807, 2.05) is 12.1 Å². The van der Waals surface area contributed by atoms with Crippen LogP contribution in [0.2, 0.25) is 0 Å². The largest absolute Gasteiger partial charge is 0.416 e. The van der Waals surface area contributed by atoms with Gasteiger partial charge in [-0.25, -0.2) is 0 Å². The minimum absolute atomic E-state index is 0.00416. The summed E-state index contributed by atoms with van der Waals surface area (Å²) in [4.78, 5) is 30.8. The molecule has 0 spiro atoms. The molecule has 1 unspecified atom stereocenters. The van der Waals surface area contributed by atoms with Gasteiger partial charge in [0.1, 0.15) is 0 Å². The van der Waals surface area contributed by atoms with Gasteiger partial charge in [0.25, 0.3) is 0 Å². The van der Waals surface area contributed by atoms with Crippen LogP contribution < -0.4 is 0 Å². The summed E-state index contributed by atoms with van der Waals surface area (Å²) in [5, 5.41) is 11.0. The lowest BCUT2D eigenvalue weighted by atomic mass is 9.73. The fourth-order valence-corrected chi connectivity index (χ4v) is 5.46. The van der Waals surface area contributed by atoms with Crippen LogP contribution in [0.25, 0.3) is 0 Å². The van der Waals surface area contributed by atoms with Crippen LogP contribution in [0, 0.1) is 11.8 Å². The lowest BCUT2D eigenvalue weighted by molar-refractivity contribution is -0.137. The predicted molar refractivity (Wildman–Crippen MR) is 124 cm³/mol. The van der Waals surface area contributed by atoms with Crippen molar-refractivity contribution in [2.45, 2.75) is 63.1 Å². The summed E-state index contributed by atoms with van der Waals surface area (Å²) in [5.41, 5.74) is -0.748. The van der Waals surface area contributed by atoms with E-state index in [4.69, 9.17) is 0 Å². The molecule has 2 heterocycles. The van der Waals surface area contributed by atoms with Gasteiger partial charge in [0.05, 0.1) is 11.2 Å². The Balaban J connectivity index is 1.21. The smallest absolute Gasteiger partial charge is 0.385 e. The predicted octanol–water partition coefficient (Wildman–Crippen LogP) is 5.38. The highest BCUT2D eigenvalue weighted by atomic mass is 19.4. The Bertz CT molecular complexity index is 1030. The van der Waals surface area contributed by atoms with Gasteiger partial charge in [-0.05, 0) is 80.2 Å². The van der Waals surface area contributed by atoms with Gasteiger partial charge in [-0.3, -0.25) is 14.6 Å². The second-order valence-electron chi connectivity index (χ2n) is 9.94. The Morgan fingerprint density at radius 1 is 1.03 bits per heavy atom. The average molecular weight is 489 g/mol. The molecule has 0 bridgehead atoms. The number of Topliss-reactive ketones (excluding diaryl/α,β-unsaturated/α-hetero) is 1. The van der Waals surface area contributed by atoms with Crippen LogP contribution in [0.1, 0.15) is 72.9 Å². The molecule has 2 aliphatic rings. The highest BCUT2D eigenvalue weighted by Gasteiger charge is 2.37. The molecule has 0 radical (unpaired) electrons. The Labute approximate surface area is 203 Å². The van der Waals surface area contributed by atoms with Crippen LogP contribution in [-0.2, 0) is 16.6 Å². The number of nitrogens with zero attached hydrogens (tertiary/aromatic N) is 2. The first-order chi connectivity index (χ1) is 16.6. The highest BCUT2D eigenvalue weighted by molar-refractivity contribution is 5.98. The van der Waals surface area contributed by atoms with Gasteiger partial charge in [-0.15, -0.1) is 0 Å². The number of amides is 1. The summed E-state index contributed by atoms with van der Waals surface area (Å²) in [6.07, 6.45) is 4.05. The Morgan fingerprint density at radius 2 is 1.74 bits per heavy atom. The second-order valence-corrected chi connectivity index (χ2v) is 9.94. The van der Waals surface area contributed by atoms with Crippen molar-refractivity contribution in [2.75, 3.05) is 13.1 Å². The Hall–Kier alpha value is -2.74. The molecule has 1 N–H and O–H groups in total. The molecule has 1 saturated carbocycles. The summed E-state index contributed by atoms with van der Waals surface area (Å²) in [7, 11) is 0. The number of likely N-dealkylation sites (tertiary alicyclic amines) is 1. The van der Waals surface area contributed by atoms with Crippen molar-refractivity contribution in [3.8, 4) is 0 Å². The lowest BCUT2D eigenvalue weighted by Crippen LogP contribution is -2.32. The van der Waals surface area contributed by atoms with Gasteiger partial charge in [0.2, 0.25) is 5.91 Å². The fourth-order valence-electron chi connectivity index (χ4n) is 5.46. The van der Waals surface area contributed by atoms with E-state index in [2.05, 4.69) is 4.98 Å². The van der Waals surface area contributed by atoms with Crippen molar-refractivity contribution in [2.24, 2.45) is 11.8 Å². The number of carbonyl (C=O) groups is 2. The topological polar surface area (TPSA) is 70.5 Å². The third kappa shape index (κ3) is 6.28. The van der Waals surface area contributed by atoms with Crippen LogP contribution in [0.4, 0.5) is 13.2 Å². The molecule has 1 aromatic carbocycles. The van der Waals surface area contributed by atoms with E-state index in [9.17, 15) is 27.9 Å². The summed E-state index contributed by atoms with van der Waals surface area (Å²) in [6, 6.07) is 8.09. The molecule has 1 aromatic heterocycles. The molecule has 188 valence electrons. The summed E-state index contributed by atoms with van der Waals surface area (Å²) >= 11 is 0. The maximum Gasteiger partial charge on any atom is 0.416 e. The minimum atomic E-state index is -4.51. The molecule has 35 heavy (non-hydrogen) atoms. The molecule has 2 fully saturated rings. The number of benzene rings is 1. The van der Waals surface area contributed by atoms with E-state index in [1.54, 1.807) is 17.3 Å². The van der Waals surface area contributed by atoms with Crippen LogP contribution in [0.3, 0.4) is 0 Å². The van der Waals surface area contributed by atoms with Gasteiger partial charge in [-0.1, -0.05) is 12.1 Å². The van der Waals surface area contributed by atoms with Gasteiger partial charge >= 0.3 is 6.18 Å². The van der Waals surface area contributed by atoms with Crippen molar-refractivity contribution in [3.63, 3.8) is 0 Å². The molecule has 4 rings (SSSR count). The molecule has 1 aliphatic carbocycles. The number of halogens is 3. The zero-order valence-corrected chi connectivity index (χ0v) is 19.6. The number of alkyl halides is 3. The Morgan fingerprint density at radius 3 is 2.43 bits per heavy atom. The first kappa shape index (κ1) is 25.4. The van der Waals surface area contributed by atoms with Crippen molar-refractivity contribution < 1.29 is 27.9 Å². The van der Waals surface area contributed by atoms with Crippen LogP contribution in [-0.4, -0.2) is 39.8 Å². The normalized spacial score (nSPS) is 25.0. The minimum Gasteiger partial charge on any atom is -0.385 e. The molecule has 8 heteroatoms. The van der Waals surface area contributed by atoms with Crippen LogP contribution >= 0.6 is 0 Å². The molecule has 5 nitrogen and oxygen atoms in total. The van der Waals surface area contributed by atoms with E-state index < -0.39 is 23.1 Å². The van der Waals surface area contributed by atoms with Crippen molar-refractivity contribution in [3.05, 3.63) is 65.5 Å². The third-order valence-electron chi connectivity index (χ3n) is 7.53. The van der Waals surface area contributed by atoms with E-state index in [-0.39, 0.29) is 24.3 Å². The van der Waals surface area contributed by atoms with Crippen molar-refractivity contribution in [1.29, 1.82) is 0 Å². The van der Waals surface area contributed by atoms with E-state index in [0.29, 0.717) is 37.8 Å². The lowest BCUT2D eigenvalue weighted by Gasteiger charge is -2.37. The summed E-state index contributed by atoms with van der Waals surface area (Å²) in [5.74, 6) is 0.336. The number of hydrogen-bond acceptors (Lipinski definition) is 4. The number of aliphatic hydroxyl groups is 1. The summed E-state index contributed by atoms with van der Waals surface area (Å²) < 4.78 is 38.7. The Kier molecular flexibility index (Phi) is 7.59. The van der Waals surface area contributed by atoms with E-state index >= 15 is 0 Å². The number of pyridine rings is 1. The number of carbonyl (C=O) groups excluding carboxylic acids is 2. The molecule has 1 amide bonds. The van der Waals surface area contributed by atoms with E-state index in [0.717, 1.165) is 43.4 Å². The standard InChI is InChI=1S/C27H31F3N2O3/c28-27(29,30)23-3-1-2-21(17-23)24(33)4-5-25(34)32-15-10-20(18-32)16-19-6-11-26(35,12-7-19)22-8-13-31-14-9-22/h1-3,8-9,13-14,17,19-20,35H,4-7,10-12,15-16,18H2. The van der Waals surface area contributed by atoms with Gasteiger partial charge < -0.3 is 10.0 Å². The molecular formula is C27H31F3N2O3. The van der Waals surface area contributed by atoms with Gasteiger partial charge in [0, 0.05) is 43.9 Å². The van der Waals surface area contributed by atoms with Crippen LogP contribution in [0.5, 0.6) is 0 Å². The zero-order chi connectivity index (χ0) is 25.1. The van der Waals surface area contributed by atoms with Crippen molar-refractivity contribution >= 4 is 11.7 Å². The third-order valence-corrected chi connectivity index (χ3v) is 7.53. The fraction of sp³-hybridized carbons (Fsp3) is 0.519. The molecular weight excluding hydrogens is 457 g/mol. The zero-order valence-electron chi connectivity index (χ0n) is 19.6. The van der Waals surface area contributed by atoms with E-state index in [1.165, 1.54) is 12.1 Å². The maximum atomic E-state index is 12.9. The first-order valence-electron chi connectivity index (χ1n) is 12.3. The quantitative estimate of drug-likeness (QED) is 0.532. The maximum absolute atomic E-state index is 12.9. The molecule has 1 atom stereocenters. The van der Waals surface area contributed by atoms with Crippen LogP contribution in [0.15, 0.2) is 48.8 Å². The second kappa shape index (κ2) is 10.5. The van der Waals surface area contributed by atoms with Crippen molar-refractivity contribution in [1.82, 2.24) is 9.88 Å². The molecule has 1 aliphatic heterocycles. The highest BCUT2D eigenvalue weighted by Crippen LogP contribution is 2.42. The molecule has 1 saturated heterocycles. The SMILES string of the molecule is O=C(CCC(=O)N1CCC(CC2CCC(O)(c3ccncc3)CC2)C1)c1cccc(C(F)(F)F)c1. The number of rotatable bonds is 7. The van der Waals surface area contributed by atoms with Gasteiger partial charge in [-0.2, -0.15) is 13.2 Å². The average Bonchev–Trinajstić information content (AvgIpc) is 3.32. The monoisotopic (exact) mass is 488 g/mol. The molecule has 2 aromatic rings. The number of hydrogen-bond donors (Lipinski definition) is 1.